The molecule has 0 bridgehead atoms. The highest BCUT2D eigenvalue weighted by Gasteiger charge is 2.27. The number of hydrogen-bond acceptors (Lipinski definition) is 4. The van der Waals surface area contributed by atoms with Crippen molar-refractivity contribution in [2.24, 2.45) is 0 Å². The Morgan fingerprint density at radius 1 is 1.03 bits per heavy atom. The van der Waals surface area contributed by atoms with E-state index in [1.165, 1.54) is 29.2 Å². The molecule has 0 aliphatic carbocycles. The first-order valence-corrected chi connectivity index (χ1v) is 9.95. The van der Waals surface area contributed by atoms with Crippen LogP contribution in [0.5, 0.6) is 11.5 Å². The number of benzene rings is 2. The fourth-order valence-electron chi connectivity index (χ4n) is 2.73. The highest BCUT2D eigenvalue weighted by atomic mass is 19.1. The summed E-state index contributed by atoms with van der Waals surface area (Å²) in [6.07, 6.45) is 0.790. The molecule has 2 rings (SSSR count). The van der Waals surface area contributed by atoms with Crippen molar-refractivity contribution in [1.29, 1.82) is 0 Å². The normalized spacial score (nSPS) is 12.6. The summed E-state index contributed by atoms with van der Waals surface area (Å²) in [5, 5.41) is 2.91. The van der Waals surface area contributed by atoms with Gasteiger partial charge in [-0.1, -0.05) is 19.1 Å². The molecular formula is C23H29FN2O4. The molecule has 0 saturated heterocycles. The predicted molar refractivity (Wildman–Crippen MR) is 113 cm³/mol. The van der Waals surface area contributed by atoms with Gasteiger partial charge in [0, 0.05) is 12.6 Å². The molecule has 7 heteroatoms. The number of ether oxygens (including phenoxy) is 2. The monoisotopic (exact) mass is 416 g/mol. The molecular weight excluding hydrogens is 387 g/mol. The van der Waals surface area contributed by atoms with E-state index in [2.05, 4.69) is 5.32 Å². The predicted octanol–water partition coefficient (Wildman–Crippen LogP) is 3.55. The van der Waals surface area contributed by atoms with E-state index in [-0.39, 0.29) is 36.8 Å². The fourth-order valence-corrected chi connectivity index (χ4v) is 2.73. The number of amides is 2. The number of rotatable bonds is 10. The summed E-state index contributed by atoms with van der Waals surface area (Å²) >= 11 is 0. The van der Waals surface area contributed by atoms with E-state index in [0.717, 1.165) is 12.0 Å². The SMILES string of the molecule is CC[C@@H](C)NC(=O)[C@@H](C)N(Cc1ccc(OC)cc1)C(=O)COc1ccc(F)cc1. The second-order valence-corrected chi connectivity index (χ2v) is 7.11. The van der Waals surface area contributed by atoms with Gasteiger partial charge < -0.3 is 19.7 Å². The standard InChI is InChI=1S/C23H29FN2O4/c1-5-16(2)25-23(28)17(3)26(14-18-6-10-20(29-4)11-7-18)22(27)15-30-21-12-8-19(24)9-13-21/h6-13,16-17H,5,14-15H2,1-4H3,(H,25,28)/t16-,17-/m1/s1. The van der Waals surface area contributed by atoms with Gasteiger partial charge in [-0.3, -0.25) is 9.59 Å². The van der Waals surface area contributed by atoms with Crippen LogP contribution in [0, 0.1) is 5.82 Å². The van der Waals surface area contributed by atoms with Crippen LogP contribution in [0.2, 0.25) is 0 Å². The van der Waals surface area contributed by atoms with Crippen molar-refractivity contribution < 1.29 is 23.5 Å². The van der Waals surface area contributed by atoms with Crippen LogP contribution in [0.3, 0.4) is 0 Å². The van der Waals surface area contributed by atoms with Crippen LogP contribution in [0.25, 0.3) is 0 Å². The van der Waals surface area contributed by atoms with Crippen molar-refractivity contribution in [3.05, 3.63) is 59.9 Å². The lowest BCUT2D eigenvalue weighted by atomic mass is 10.1. The Morgan fingerprint density at radius 3 is 2.20 bits per heavy atom. The van der Waals surface area contributed by atoms with E-state index in [1.54, 1.807) is 26.2 Å². The molecule has 0 radical (unpaired) electrons. The lowest BCUT2D eigenvalue weighted by Gasteiger charge is -2.29. The summed E-state index contributed by atoms with van der Waals surface area (Å²) in [7, 11) is 1.58. The maximum Gasteiger partial charge on any atom is 0.261 e. The number of methoxy groups -OCH3 is 1. The van der Waals surface area contributed by atoms with Gasteiger partial charge in [-0.15, -0.1) is 0 Å². The number of carbonyl (C=O) groups is 2. The molecule has 2 amide bonds. The number of carbonyl (C=O) groups excluding carboxylic acids is 2. The minimum absolute atomic E-state index is 0.00773. The molecule has 0 spiro atoms. The Balaban J connectivity index is 2.14. The Morgan fingerprint density at radius 2 is 1.63 bits per heavy atom. The van der Waals surface area contributed by atoms with Gasteiger partial charge in [-0.05, 0) is 62.2 Å². The van der Waals surface area contributed by atoms with Crippen LogP contribution in [0.4, 0.5) is 4.39 Å². The van der Waals surface area contributed by atoms with Gasteiger partial charge in [0.15, 0.2) is 6.61 Å². The average molecular weight is 416 g/mol. The maximum atomic E-state index is 13.1. The first-order chi connectivity index (χ1) is 14.3. The molecule has 0 saturated carbocycles. The molecule has 2 aromatic rings. The molecule has 30 heavy (non-hydrogen) atoms. The molecule has 0 heterocycles. The third-order valence-electron chi connectivity index (χ3n) is 4.86. The summed E-state index contributed by atoms with van der Waals surface area (Å²) < 4.78 is 23.7. The molecule has 162 valence electrons. The highest BCUT2D eigenvalue weighted by Crippen LogP contribution is 2.16. The van der Waals surface area contributed by atoms with Crippen LogP contribution in [0.1, 0.15) is 32.8 Å². The van der Waals surface area contributed by atoms with Gasteiger partial charge in [0.2, 0.25) is 5.91 Å². The summed E-state index contributed by atoms with van der Waals surface area (Å²) in [5.74, 6) is 0.129. The number of halogens is 1. The minimum Gasteiger partial charge on any atom is -0.497 e. The van der Waals surface area contributed by atoms with Crippen LogP contribution in [-0.4, -0.2) is 42.5 Å². The molecule has 0 aromatic heterocycles. The third kappa shape index (κ3) is 6.76. The first kappa shape index (κ1) is 23.2. The van der Waals surface area contributed by atoms with Gasteiger partial charge in [0.1, 0.15) is 23.4 Å². The van der Waals surface area contributed by atoms with Gasteiger partial charge in [-0.25, -0.2) is 4.39 Å². The Hall–Kier alpha value is -3.09. The zero-order valence-corrected chi connectivity index (χ0v) is 17.9. The largest absolute Gasteiger partial charge is 0.497 e. The van der Waals surface area contributed by atoms with E-state index < -0.39 is 6.04 Å². The van der Waals surface area contributed by atoms with Crippen LogP contribution < -0.4 is 14.8 Å². The molecule has 0 aliphatic heterocycles. The average Bonchev–Trinajstić information content (AvgIpc) is 2.76. The van der Waals surface area contributed by atoms with Crippen molar-refractivity contribution >= 4 is 11.8 Å². The molecule has 0 aliphatic rings. The summed E-state index contributed by atoms with van der Waals surface area (Å²) in [5.41, 5.74) is 0.856. The van der Waals surface area contributed by atoms with Crippen molar-refractivity contribution in [2.45, 2.75) is 45.8 Å². The van der Waals surface area contributed by atoms with Gasteiger partial charge in [-0.2, -0.15) is 0 Å². The minimum atomic E-state index is -0.689. The van der Waals surface area contributed by atoms with Crippen molar-refractivity contribution in [3.8, 4) is 11.5 Å². The number of nitrogens with one attached hydrogen (secondary N) is 1. The Bertz CT molecular complexity index is 824. The van der Waals surface area contributed by atoms with E-state index in [0.29, 0.717) is 11.5 Å². The van der Waals surface area contributed by atoms with Gasteiger partial charge in [0.05, 0.1) is 7.11 Å². The van der Waals surface area contributed by atoms with E-state index >= 15 is 0 Å². The third-order valence-corrected chi connectivity index (χ3v) is 4.86. The van der Waals surface area contributed by atoms with Crippen LogP contribution in [0.15, 0.2) is 48.5 Å². The maximum absolute atomic E-state index is 13.1. The molecule has 0 unspecified atom stereocenters. The topological polar surface area (TPSA) is 67.9 Å². The van der Waals surface area contributed by atoms with Gasteiger partial charge >= 0.3 is 0 Å². The second-order valence-electron chi connectivity index (χ2n) is 7.11. The molecule has 0 fully saturated rings. The number of nitrogens with zero attached hydrogens (tertiary/aromatic N) is 1. The van der Waals surface area contributed by atoms with Crippen molar-refractivity contribution in [1.82, 2.24) is 10.2 Å². The van der Waals surface area contributed by atoms with E-state index in [4.69, 9.17) is 9.47 Å². The Labute approximate surface area is 177 Å². The molecule has 2 atom stereocenters. The summed E-state index contributed by atoms with van der Waals surface area (Å²) in [6, 6.07) is 12.0. The van der Waals surface area contributed by atoms with Crippen molar-refractivity contribution in [2.75, 3.05) is 13.7 Å². The highest BCUT2D eigenvalue weighted by molar-refractivity contribution is 5.88. The van der Waals surface area contributed by atoms with Gasteiger partial charge in [0.25, 0.3) is 5.91 Å². The van der Waals surface area contributed by atoms with Crippen LogP contribution >= 0.6 is 0 Å². The lowest BCUT2D eigenvalue weighted by Crippen LogP contribution is -2.50. The van der Waals surface area contributed by atoms with E-state index in [1.807, 2.05) is 26.0 Å². The first-order valence-electron chi connectivity index (χ1n) is 9.95. The molecule has 6 nitrogen and oxygen atoms in total. The zero-order chi connectivity index (χ0) is 22.1. The summed E-state index contributed by atoms with van der Waals surface area (Å²) in [4.78, 5) is 27.1. The quantitative estimate of drug-likeness (QED) is 0.643. The number of hydrogen-bond donors (Lipinski definition) is 1. The molecule has 1 N–H and O–H groups in total. The van der Waals surface area contributed by atoms with Crippen molar-refractivity contribution in [3.63, 3.8) is 0 Å². The molecule has 2 aromatic carbocycles. The zero-order valence-electron chi connectivity index (χ0n) is 17.9. The lowest BCUT2D eigenvalue weighted by molar-refractivity contribution is -0.142. The summed E-state index contributed by atoms with van der Waals surface area (Å²) in [6.45, 7) is 5.56. The van der Waals surface area contributed by atoms with Crippen LogP contribution in [-0.2, 0) is 16.1 Å². The van der Waals surface area contributed by atoms with E-state index in [9.17, 15) is 14.0 Å². The fraction of sp³-hybridized carbons (Fsp3) is 0.391. The Kier molecular flexibility index (Phi) is 8.65. The second kappa shape index (κ2) is 11.2. The smallest absolute Gasteiger partial charge is 0.261 e.